The first-order valence-corrected chi connectivity index (χ1v) is 11.1. The van der Waals surface area contributed by atoms with Crippen LogP contribution in [0.25, 0.3) is 0 Å². The molecule has 0 saturated heterocycles. The van der Waals surface area contributed by atoms with Crippen LogP contribution in [0.5, 0.6) is 0 Å². The van der Waals surface area contributed by atoms with Crippen molar-refractivity contribution in [1.29, 1.82) is 0 Å². The third kappa shape index (κ3) is 7.18. The van der Waals surface area contributed by atoms with E-state index in [9.17, 15) is 19.5 Å². The number of rotatable bonds is 10. The second kappa shape index (κ2) is 11.8. The van der Waals surface area contributed by atoms with Crippen LogP contribution >= 0.6 is 11.8 Å². The van der Waals surface area contributed by atoms with E-state index in [0.29, 0.717) is 0 Å². The van der Waals surface area contributed by atoms with Gasteiger partial charge < -0.3 is 20.1 Å². The first-order chi connectivity index (χ1) is 14.3. The number of esters is 1. The molecule has 0 spiro atoms. The highest BCUT2D eigenvalue weighted by molar-refractivity contribution is 8.03. The maximum absolute atomic E-state index is 12.7. The van der Waals surface area contributed by atoms with Crippen LogP contribution in [-0.4, -0.2) is 57.8 Å². The Bertz CT molecular complexity index is 753. The molecular weight excluding hydrogens is 404 g/mol. The number of hydrogen-bond acceptors (Lipinski definition) is 6. The number of carbonyl (C=O) groups excluding carboxylic acids is 3. The molecule has 2 amide bonds. The molecule has 1 aliphatic rings. The van der Waals surface area contributed by atoms with Crippen molar-refractivity contribution in [3.05, 3.63) is 47.5 Å². The second-order valence-corrected chi connectivity index (χ2v) is 8.57. The van der Waals surface area contributed by atoms with Crippen molar-refractivity contribution in [2.24, 2.45) is 0 Å². The molecule has 2 N–H and O–H groups in total. The number of thioether (sulfide) groups is 1. The van der Waals surface area contributed by atoms with Crippen LogP contribution in [0.2, 0.25) is 0 Å². The summed E-state index contributed by atoms with van der Waals surface area (Å²) in [5.74, 6) is -1.36. The molecule has 2 rings (SSSR count). The quantitative estimate of drug-likeness (QED) is 0.549. The SMILES string of the molecule is CCCC1SC=CN(CC(=O)N[C@@H](Cc2ccccc2)C(O)C(=O)OC(C)C)C1=O. The highest BCUT2D eigenvalue weighted by Crippen LogP contribution is 2.24. The Morgan fingerprint density at radius 3 is 2.60 bits per heavy atom. The van der Waals surface area contributed by atoms with Crippen LogP contribution in [0.3, 0.4) is 0 Å². The number of ether oxygens (including phenoxy) is 1. The van der Waals surface area contributed by atoms with E-state index < -0.39 is 24.0 Å². The van der Waals surface area contributed by atoms with Crippen LogP contribution in [0.4, 0.5) is 0 Å². The van der Waals surface area contributed by atoms with Crippen molar-refractivity contribution in [1.82, 2.24) is 10.2 Å². The topological polar surface area (TPSA) is 95.9 Å². The van der Waals surface area contributed by atoms with Gasteiger partial charge in [-0.05, 0) is 37.7 Å². The molecule has 2 unspecified atom stereocenters. The molecule has 8 heteroatoms. The van der Waals surface area contributed by atoms with Crippen LogP contribution in [0.15, 0.2) is 41.9 Å². The molecule has 1 aromatic carbocycles. The number of aliphatic hydroxyl groups is 1. The van der Waals surface area contributed by atoms with Crippen LogP contribution in [-0.2, 0) is 25.5 Å². The Morgan fingerprint density at radius 1 is 1.27 bits per heavy atom. The highest BCUT2D eigenvalue weighted by atomic mass is 32.2. The van der Waals surface area contributed by atoms with E-state index in [-0.39, 0.29) is 30.2 Å². The van der Waals surface area contributed by atoms with Gasteiger partial charge in [0.25, 0.3) is 0 Å². The van der Waals surface area contributed by atoms with Gasteiger partial charge in [-0.1, -0.05) is 43.7 Å². The summed E-state index contributed by atoms with van der Waals surface area (Å²) in [4.78, 5) is 38.8. The van der Waals surface area contributed by atoms with Gasteiger partial charge in [0.05, 0.1) is 17.4 Å². The number of nitrogens with one attached hydrogen (secondary N) is 1. The molecule has 1 aliphatic heterocycles. The lowest BCUT2D eigenvalue weighted by atomic mass is 10.0. The fraction of sp³-hybridized carbons (Fsp3) is 0.500. The molecule has 164 valence electrons. The fourth-order valence-corrected chi connectivity index (χ4v) is 4.12. The zero-order chi connectivity index (χ0) is 22.1. The summed E-state index contributed by atoms with van der Waals surface area (Å²) in [7, 11) is 0. The molecule has 1 aromatic rings. The number of hydrogen-bond donors (Lipinski definition) is 2. The third-order valence-corrected chi connectivity index (χ3v) is 5.57. The maximum atomic E-state index is 12.7. The average molecular weight is 435 g/mol. The van der Waals surface area contributed by atoms with E-state index in [1.165, 1.54) is 16.7 Å². The Labute approximate surface area is 181 Å². The Hall–Kier alpha value is -2.32. The van der Waals surface area contributed by atoms with Crippen molar-refractivity contribution in [2.75, 3.05) is 6.54 Å². The maximum Gasteiger partial charge on any atom is 0.337 e. The molecule has 0 fully saturated rings. The minimum absolute atomic E-state index is 0.112. The Morgan fingerprint density at radius 2 is 1.97 bits per heavy atom. The van der Waals surface area contributed by atoms with Gasteiger partial charge in [-0.25, -0.2) is 4.79 Å². The minimum Gasteiger partial charge on any atom is -0.461 e. The van der Waals surface area contributed by atoms with Crippen molar-refractivity contribution in [3.63, 3.8) is 0 Å². The Kier molecular flexibility index (Phi) is 9.39. The second-order valence-electron chi connectivity index (χ2n) is 7.46. The average Bonchev–Trinajstić information content (AvgIpc) is 2.70. The summed E-state index contributed by atoms with van der Waals surface area (Å²) in [5.41, 5.74) is 0.854. The summed E-state index contributed by atoms with van der Waals surface area (Å²) >= 11 is 1.45. The molecule has 0 aliphatic carbocycles. The summed E-state index contributed by atoms with van der Waals surface area (Å²) in [5, 5.41) is 14.8. The molecule has 30 heavy (non-hydrogen) atoms. The zero-order valence-electron chi connectivity index (χ0n) is 17.6. The standard InChI is InChI=1S/C22H30N2O5S/c1-4-8-18-21(27)24(11-12-30-18)14-19(25)23-17(13-16-9-6-5-7-10-16)20(26)22(28)29-15(2)3/h5-7,9-12,15,17-18,20,26H,4,8,13-14H2,1-3H3,(H,23,25)/t17-,18?,20?/m0/s1. The fourth-order valence-electron chi connectivity index (χ4n) is 3.09. The largest absolute Gasteiger partial charge is 0.461 e. The van der Waals surface area contributed by atoms with E-state index in [4.69, 9.17) is 4.74 Å². The number of benzene rings is 1. The van der Waals surface area contributed by atoms with E-state index in [0.717, 1.165) is 18.4 Å². The lowest BCUT2D eigenvalue weighted by molar-refractivity contribution is -0.159. The van der Waals surface area contributed by atoms with E-state index in [2.05, 4.69) is 5.32 Å². The van der Waals surface area contributed by atoms with Crippen molar-refractivity contribution >= 4 is 29.5 Å². The van der Waals surface area contributed by atoms with Gasteiger partial charge in [-0.2, -0.15) is 0 Å². The number of carbonyl (C=O) groups is 3. The lowest BCUT2D eigenvalue weighted by Crippen LogP contribution is -2.52. The van der Waals surface area contributed by atoms with E-state index in [1.54, 1.807) is 20.0 Å². The molecule has 0 radical (unpaired) electrons. The molecule has 0 bridgehead atoms. The van der Waals surface area contributed by atoms with Crippen LogP contribution < -0.4 is 5.32 Å². The molecule has 7 nitrogen and oxygen atoms in total. The van der Waals surface area contributed by atoms with Gasteiger partial charge in [-0.15, -0.1) is 11.8 Å². The summed E-state index contributed by atoms with van der Waals surface area (Å²) in [6.07, 6.45) is 1.55. The van der Waals surface area contributed by atoms with Gasteiger partial charge in [0.2, 0.25) is 11.8 Å². The van der Waals surface area contributed by atoms with Gasteiger partial charge in [0.15, 0.2) is 6.10 Å². The lowest BCUT2D eigenvalue weighted by Gasteiger charge is -2.28. The molecule has 0 saturated carbocycles. The van der Waals surface area contributed by atoms with Gasteiger partial charge in [0.1, 0.15) is 6.54 Å². The number of nitrogens with zero attached hydrogens (tertiary/aromatic N) is 1. The van der Waals surface area contributed by atoms with Crippen molar-refractivity contribution in [2.45, 2.75) is 63.5 Å². The predicted molar refractivity (Wildman–Crippen MR) is 116 cm³/mol. The monoisotopic (exact) mass is 434 g/mol. The molecule has 3 atom stereocenters. The smallest absolute Gasteiger partial charge is 0.337 e. The van der Waals surface area contributed by atoms with Gasteiger partial charge in [-0.3, -0.25) is 9.59 Å². The molecule has 1 heterocycles. The third-order valence-electron chi connectivity index (χ3n) is 4.53. The summed E-state index contributed by atoms with van der Waals surface area (Å²) < 4.78 is 5.10. The predicted octanol–water partition coefficient (Wildman–Crippen LogP) is 2.24. The molecule has 0 aromatic heterocycles. The van der Waals surface area contributed by atoms with Crippen LogP contribution in [0.1, 0.15) is 39.2 Å². The van der Waals surface area contributed by atoms with Crippen LogP contribution in [0, 0.1) is 0 Å². The summed E-state index contributed by atoms with van der Waals surface area (Å²) in [6.45, 7) is 5.21. The first-order valence-electron chi connectivity index (χ1n) is 10.2. The number of aliphatic hydroxyl groups excluding tert-OH is 1. The minimum atomic E-state index is -1.52. The van der Waals surface area contributed by atoms with Gasteiger partial charge >= 0.3 is 5.97 Å². The highest BCUT2D eigenvalue weighted by Gasteiger charge is 2.32. The number of amides is 2. The summed E-state index contributed by atoms with van der Waals surface area (Å²) in [6, 6.07) is 8.37. The van der Waals surface area contributed by atoms with Crippen molar-refractivity contribution in [3.8, 4) is 0 Å². The first kappa shape index (κ1) is 24.0. The van der Waals surface area contributed by atoms with Gasteiger partial charge in [0, 0.05) is 6.20 Å². The van der Waals surface area contributed by atoms with E-state index in [1.807, 2.05) is 42.7 Å². The molecular formula is C22H30N2O5S. The van der Waals surface area contributed by atoms with Crippen molar-refractivity contribution < 1.29 is 24.2 Å². The Balaban J connectivity index is 2.07. The zero-order valence-corrected chi connectivity index (χ0v) is 18.4. The normalized spacial score (nSPS) is 18.2. The van der Waals surface area contributed by atoms with E-state index >= 15 is 0 Å².